The lowest BCUT2D eigenvalue weighted by Gasteiger charge is -2.18. The van der Waals surface area contributed by atoms with Crippen molar-refractivity contribution >= 4 is 17.5 Å². The molecule has 0 bridgehead atoms. The first kappa shape index (κ1) is 18.3. The number of carbonyl (C=O) groups excluding carboxylic acids is 1. The van der Waals surface area contributed by atoms with Crippen LogP contribution in [-0.4, -0.2) is 18.6 Å². The quantitative estimate of drug-likeness (QED) is 0.712. The molecule has 1 atom stereocenters. The Morgan fingerprint density at radius 3 is 2.54 bits per heavy atom. The van der Waals surface area contributed by atoms with Crippen LogP contribution in [0.3, 0.4) is 0 Å². The van der Waals surface area contributed by atoms with Gasteiger partial charge < -0.3 is 10.1 Å². The fourth-order valence-electron chi connectivity index (χ4n) is 2.39. The van der Waals surface area contributed by atoms with Crippen LogP contribution in [0.5, 0.6) is 5.75 Å². The minimum Gasteiger partial charge on any atom is -0.479 e. The van der Waals surface area contributed by atoms with Crippen molar-refractivity contribution in [1.82, 2.24) is 5.32 Å². The first-order valence-electron chi connectivity index (χ1n) is 8.34. The SMILES string of the molecule is CC[C@@H](Oc1ccccc1Cl)C(=O)NCCCc1ccc(C)cc1. The Hall–Kier alpha value is -2.00. The zero-order valence-corrected chi connectivity index (χ0v) is 15.0. The molecule has 0 spiro atoms. The van der Waals surface area contributed by atoms with Gasteiger partial charge in [-0.1, -0.05) is 60.5 Å². The Bertz CT molecular complexity index is 655. The predicted molar refractivity (Wildman–Crippen MR) is 98.7 cm³/mol. The van der Waals surface area contributed by atoms with E-state index in [1.54, 1.807) is 12.1 Å². The molecule has 0 saturated carbocycles. The highest BCUT2D eigenvalue weighted by Crippen LogP contribution is 2.24. The predicted octanol–water partition coefficient (Wildman–Crippen LogP) is 4.55. The molecule has 128 valence electrons. The lowest BCUT2D eigenvalue weighted by atomic mass is 10.1. The second-order valence-corrected chi connectivity index (χ2v) is 6.23. The van der Waals surface area contributed by atoms with Crippen LogP contribution in [0.15, 0.2) is 48.5 Å². The van der Waals surface area contributed by atoms with Crippen molar-refractivity contribution in [1.29, 1.82) is 0 Å². The van der Waals surface area contributed by atoms with Crippen LogP contribution in [-0.2, 0) is 11.2 Å². The molecule has 0 fully saturated rings. The van der Waals surface area contributed by atoms with Gasteiger partial charge in [-0.05, 0) is 43.9 Å². The van der Waals surface area contributed by atoms with E-state index in [9.17, 15) is 4.79 Å². The van der Waals surface area contributed by atoms with Gasteiger partial charge in [-0.25, -0.2) is 0 Å². The van der Waals surface area contributed by atoms with E-state index in [4.69, 9.17) is 16.3 Å². The monoisotopic (exact) mass is 345 g/mol. The standard InChI is InChI=1S/C20H24ClNO2/c1-3-18(24-19-9-5-4-8-17(19)21)20(23)22-14-6-7-16-12-10-15(2)11-13-16/h4-5,8-13,18H,3,6-7,14H2,1-2H3,(H,22,23)/t18-/m1/s1. The third kappa shape index (κ3) is 5.57. The molecule has 1 N–H and O–H groups in total. The Balaban J connectivity index is 1.77. The summed E-state index contributed by atoms with van der Waals surface area (Å²) < 4.78 is 5.74. The van der Waals surface area contributed by atoms with Crippen molar-refractivity contribution in [2.75, 3.05) is 6.54 Å². The molecular formula is C20H24ClNO2. The van der Waals surface area contributed by atoms with E-state index in [1.807, 2.05) is 19.1 Å². The highest BCUT2D eigenvalue weighted by molar-refractivity contribution is 6.32. The maximum absolute atomic E-state index is 12.3. The van der Waals surface area contributed by atoms with Crippen LogP contribution in [0.4, 0.5) is 0 Å². The molecule has 0 aromatic heterocycles. The van der Waals surface area contributed by atoms with Gasteiger partial charge >= 0.3 is 0 Å². The minimum atomic E-state index is -0.524. The molecule has 3 nitrogen and oxygen atoms in total. The number of carbonyl (C=O) groups is 1. The van der Waals surface area contributed by atoms with Gasteiger partial charge in [0.1, 0.15) is 5.75 Å². The molecule has 2 aromatic rings. The van der Waals surface area contributed by atoms with Crippen molar-refractivity contribution in [2.45, 2.75) is 39.2 Å². The number of hydrogen-bond donors (Lipinski definition) is 1. The van der Waals surface area contributed by atoms with Gasteiger partial charge in [-0.15, -0.1) is 0 Å². The zero-order valence-electron chi connectivity index (χ0n) is 14.2. The van der Waals surface area contributed by atoms with Crippen LogP contribution in [0.1, 0.15) is 30.9 Å². The summed E-state index contributed by atoms with van der Waals surface area (Å²) >= 11 is 6.08. The van der Waals surface area contributed by atoms with Gasteiger partial charge in [0, 0.05) is 6.54 Å². The van der Waals surface area contributed by atoms with Crippen LogP contribution >= 0.6 is 11.6 Å². The molecule has 4 heteroatoms. The highest BCUT2D eigenvalue weighted by Gasteiger charge is 2.18. The summed E-state index contributed by atoms with van der Waals surface area (Å²) in [6.07, 6.45) is 1.92. The first-order valence-corrected chi connectivity index (χ1v) is 8.72. The summed E-state index contributed by atoms with van der Waals surface area (Å²) in [7, 11) is 0. The Labute approximate surface area is 149 Å². The lowest BCUT2D eigenvalue weighted by molar-refractivity contribution is -0.128. The fraction of sp³-hybridized carbons (Fsp3) is 0.350. The molecule has 0 aliphatic carbocycles. The summed E-state index contributed by atoms with van der Waals surface area (Å²) in [4.78, 5) is 12.3. The van der Waals surface area contributed by atoms with Crippen LogP contribution < -0.4 is 10.1 Å². The maximum atomic E-state index is 12.3. The highest BCUT2D eigenvalue weighted by atomic mass is 35.5. The second-order valence-electron chi connectivity index (χ2n) is 5.83. The van der Waals surface area contributed by atoms with E-state index in [1.165, 1.54) is 11.1 Å². The van der Waals surface area contributed by atoms with Crippen molar-refractivity contribution in [3.05, 3.63) is 64.7 Å². The molecule has 2 rings (SSSR count). The fourth-order valence-corrected chi connectivity index (χ4v) is 2.57. The third-order valence-electron chi connectivity index (χ3n) is 3.83. The van der Waals surface area contributed by atoms with E-state index in [0.29, 0.717) is 23.7 Å². The average molecular weight is 346 g/mol. The topological polar surface area (TPSA) is 38.3 Å². The summed E-state index contributed by atoms with van der Waals surface area (Å²) in [5.41, 5.74) is 2.55. The Morgan fingerprint density at radius 1 is 1.17 bits per heavy atom. The summed E-state index contributed by atoms with van der Waals surface area (Å²) in [5, 5.41) is 3.46. The minimum absolute atomic E-state index is 0.0960. The molecule has 0 heterocycles. The van der Waals surface area contributed by atoms with Crippen molar-refractivity contribution in [2.24, 2.45) is 0 Å². The number of rotatable bonds is 8. The van der Waals surface area contributed by atoms with Gasteiger partial charge in [-0.3, -0.25) is 4.79 Å². The van der Waals surface area contributed by atoms with Crippen LogP contribution in [0.25, 0.3) is 0 Å². The number of benzene rings is 2. The molecule has 24 heavy (non-hydrogen) atoms. The Morgan fingerprint density at radius 2 is 1.88 bits per heavy atom. The van der Waals surface area contributed by atoms with Gasteiger partial charge in [0.2, 0.25) is 0 Å². The number of hydrogen-bond acceptors (Lipinski definition) is 2. The van der Waals surface area contributed by atoms with E-state index in [-0.39, 0.29) is 5.91 Å². The summed E-state index contributed by atoms with van der Waals surface area (Å²) in [5.74, 6) is 0.446. The molecule has 1 amide bonds. The first-order chi connectivity index (χ1) is 11.6. The van der Waals surface area contributed by atoms with E-state index in [0.717, 1.165) is 12.8 Å². The number of ether oxygens (including phenoxy) is 1. The van der Waals surface area contributed by atoms with Gasteiger partial charge in [-0.2, -0.15) is 0 Å². The molecule has 2 aromatic carbocycles. The molecule has 0 radical (unpaired) electrons. The largest absolute Gasteiger partial charge is 0.479 e. The maximum Gasteiger partial charge on any atom is 0.261 e. The van der Waals surface area contributed by atoms with E-state index >= 15 is 0 Å². The summed E-state index contributed by atoms with van der Waals surface area (Å²) in [6, 6.07) is 15.7. The third-order valence-corrected chi connectivity index (χ3v) is 4.14. The average Bonchev–Trinajstić information content (AvgIpc) is 2.59. The number of halogens is 1. The van der Waals surface area contributed by atoms with Gasteiger partial charge in [0.25, 0.3) is 5.91 Å². The van der Waals surface area contributed by atoms with E-state index in [2.05, 4.69) is 36.5 Å². The van der Waals surface area contributed by atoms with Crippen molar-refractivity contribution in [3.63, 3.8) is 0 Å². The zero-order chi connectivity index (χ0) is 17.4. The number of aryl methyl sites for hydroxylation is 2. The molecule has 0 unspecified atom stereocenters. The second kappa shape index (κ2) is 9.33. The van der Waals surface area contributed by atoms with Crippen molar-refractivity contribution < 1.29 is 9.53 Å². The van der Waals surface area contributed by atoms with Crippen LogP contribution in [0.2, 0.25) is 5.02 Å². The number of nitrogens with one attached hydrogen (secondary N) is 1. The lowest BCUT2D eigenvalue weighted by Crippen LogP contribution is -2.38. The summed E-state index contributed by atoms with van der Waals surface area (Å²) in [6.45, 7) is 4.64. The molecule has 0 aliphatic heterocycles. The molecule has 0 saturated heterocycles. The van der Waals surface area contributed by atoms with Gasteiger partial charge in [0.05, 0.1) is 5.02 Å². The Kier molecular flexibility index (Phi) is 7.13. The van der Waals surface area contributed by atoms with E-state index < -0.39 is 6.10 Å². The smallest absolute Gasteiger partial charge is 0.261 e. The molecule has 0 aliphatic rings. The number of amides is 1. The normalized spacial score (nSPS) is 11.8. The van der Waals surface area contributed by atoms with Crippen LogP contribution in [0, 0.1) is 6.92 Å². The number of para-hydroxylation sites is 1. The van der Waals surface area contributed by atoms with Crippen molar-refractivity contribution in [3.8, 4) is 5.75 Å². The molecular weight excluding hydrogens is 322 g/mol. The van der Waals surface area contributed by atoms with Gasteiger partial charge in [0.15, 0.2) is 6.10 Å².